The summed E-state index contributed by atoms with van der Waals surface area (Å²) in [6.45, 7) is 0.615. The Morgan fingerprint density at radius 1 is 0.944 bits per heavy atom. The first-order valence-corrected chi connectivity index (χ1v) is 5.62. The predicted molar refractivity (Wildman–Crippen MR) is 68.9 cm³/mol. The van der Waals surface area contributed by atoms with Crippen LogP contribution in [0.3, 0.4) is 0 Å². The van der Waals surface area contributed by atoms with Crippen LogP contribution in [0.1, 0.15) is 5.69 Å². The number of fused-ring (bicyclic) bond motifs is 1. The van der Waals surface area contributed by atoms with Crippen molar-refractivity contribution >= 4 is 16.7 Å². The Kier molecular flexibility index (Phi) is 2.79. The molecule has 0 aliphatic rings. The lowest BCUT2D eigenvalue weighted by Crippen LogP contribution is -2.04. The largest absolute Gasteiger partial charge is 0.364 e. The maximum atomic E-state index is 4.26. The van der Waals surface area contributed by atoms with Gasteiger partial charge in [0.1, 0.15) is 18.5 Å². The van der Waals surface area contributed by atoms with Crippen LogP contribution in [-0.4, -0.2) is 19.9 Å². The second-order valence-corrected chi connectivity index (χ2v) is 3.79. The van der Waals surface area contributed by atoms with E-state index in [2.05, 4.69) is 25.3 Å². The van der Waals surface area contributed by atoms with Gasteiger partial charge in [-0.1, -0.05) is 12.1 Å². The Bertz CT molecular complexity index is 648. The molecule has 2 aromatic heterocycles. The fourth-order valence-corrected chi connectivity index (χ4v) is 1.74. The van der Waals surface area contributed by atoms with Gasteiger partial charge in [-0.05, 0) is 18.2 Å². The first-order valence-electron chi connectivity index (χ1n) is 5.62. The molecule has 1 N–H and O–H groups in total. The molecule has 1 aromatic carbocycles. The van der Waals surface area contributed by atoms with E-state index in [1.54, 1.807) is 12.5 Å². The molecule has 5 nitrogen and oxygen atoms in total. The molecule has 0 atom stereocenters. The zero-order chi connectivity index (χ0) is 12.2. The summed E-state index contributed by atoms with van der Waals surface area (Å²) >= 11 is 0. The Labute approximate surface area is 104 Å². The highest BCUT2D eigenvalue weighted by molar-refractivity contribution is 5.88. The van der Waals surface area contributed by atoms with Crippen molar-refractivity contribution in [3.8, 4) is 0 Å². The minimum Gasteiger partial charge on any atom is -0.364 e. The molecule has 0 radical (unpaired) electrons. The van der Waals surface area contributed by atoms with Gasteiger partial charge in [0, 0.05) is 11.6 Å². The topological polar surface area (TPSA) is 63.6 Å². The minimum atomic E-state index is 0.615. The van der Waals surface area contributed by atoms with Gasteiger partial charge in [0.15, 0.2) is 0 Å². The molecule has 2 heterocycles. The van der Waals surface area contributed by atoms with Crippen molar-refractivity contribution in [1.82, 2.24) is 19.9 Å². The van der Waals surface area contributed by atoms with Gasteiger partial charge in [0.25, 0.3) is 0 Å². The summed E-state index contributed by atoms with van der Waals surface area (Å²) in [4.78, 5) is 16.5. The molecule has 0 bridgehead atoms. The Morgan fingerprint density at radius 2 is 1.89 bits per heavy atom. The van der Waals surface area contributed by atoms with E-state index < -0.39 is 0 Å². The molecule has 3 aromatic rings. The summed E-state index contributed by atoms with van der Waals surface area (Å²) < 4.78 is 0. The van der Waals surface area contributed by atoms with Gasteiger partial charge in [0.05, 0.1) is 17.8 Å². The molecule has 0 amide bonds. The van der Waals surface area contributed by atoms with Crippen molar-refractivity contribution in [2.75, 3.05) is 5.32 Å². The van der Waals surface area contributed by atoms with Gasteiger partial charge in [-0.15, -0.1) is 0 Å². The number of nitrogens with zero attached hydrogens (tertiary/aromatic N) is 4. The molecule has 0 spiro atoms. The van der Waals surface area contributed by atoms with Crippen LogP contribution in [0, 0.1) is 0 Å². The Balaban J connectivity index is 1.87. The van der Waals surface area contributed by atoms with E-state index in [1.807, 2.05) is 30.3 Å². The molecule has 5 heteroatoms. The standard InChI is InChI=1S/C13H11N5/c1-2-4-12-11(3-1)13(18-9-17-12)15-7-10-5-6-14-8-16-10/h1-6,8-9H,7H2,(H,15,17,18). The molecular weight excluding hydrogens is 226 g/mol. The molecule has 0 unspecified atom stereocenters. The van der Waals surface area contributed by atoms with E-state index >= 15 is 0 Å². The first-order chi connectivity index (χ1) is 8.93. The van der Waals surface area contributed by atoms with Crippen molar-refractivity contribution in [3.05, 3.63) is 54.9 Å². The molecule has 3 rings (SSSR count). The highest BCUT2D eigenvalue weighted by Gasteiger charge is 2.02. The summed E-state index contributed by atoms with van der Waals surface area (Å²) in [6.07, 6.45) is 4.82. The second-order valence-electron chi connectivity index (χ2n) is 3.79. The Morgan fingerprint density at radius 3 is 2.78 bits per heavy atom. The van der Waals surface area contributed by atoms with Gasteiger partial charge in [-0.3, -0.25) is 0 Å². The molecule has 0 aliphatic carbocycles. The number of aromatic nitrogens is 4. The van der Waals surface area contributed by atoms with Crippen molar-refractivity contribution in [2.24, 2.45) is 0 Å². The van der Waals surface area contributed by atoms with Crippen LogP contribution in [-0.2, 0) is 6.54 Å². The van der Waals surface area contributed by atoms with E-state index in [9.17, 15) is 0 Å². The van der Waals surface area contributed by atoms with Crippen molar-refractivity contribution in [2.45, 2.75) is 6.54 Å². The third kappa shape index (κ3) is 2.10. The van der Waals surface area contributed by atoms with Crippen LogP contribution in [0.15, 0.2) is 49.2 Å². The highest BCUT2D eigenvalue weighted by Crippen LogP contribution is 2.18. The average molecular weight is 237 g/mol. The number of rotatable bonds is 3. The zero-order valence-corrected chi connectivity index (χ0v) is 9.61. The van der Waals surface area contributed by atoms with Gasteiger partial charge in [-0.2, -0.15) is 0 Å². The lowest BCUT2D eigenvalue weighted by atomic mass is 10.2. The van der Waals surface area contributed by atoms with Crippen LogP contribution in [0.25, 0.3) is 10.9 Å². The molecule has 88 valence electrons. The van der Waals surface area contributed by atoms with Crippen LogP contribution in [0.2, 0.25) is 0 Å². The molecule has 0 saturated carbocycles. The molecular formula is C13H11N5. The van der Waals surface area contributed by atoms with Crippen LogP contribution in [0.4, 0.5) is 5.82 Å². The number of para-hydroxylation sites is 1. The van der Waals surface area contributed by atoms with Crippen molar-refractivity contribution < 1.29 is 0 Å². The van der Waals surface area contributed by atoms with E-state index in [0.717, 1.165) is 22.4 Å². The fourth-order valence-electron chi connectivity index (χ4n) is 1.74. The molecule has 18 heavy (non-hydrogen) atoms. The number of hydrogen-bond donors (Lipinski definition) is 1. The monoisotopic (exact) mass is 237 g/mol. The normalized spacial score (nSPS) is 10.4. The minimum absolute atomic E-state index is 0.615. The quantitative estimate of drug-likeness (QED) is 0.755. The van der Waals surface area contributed by atoms with Crippen molar-refractivity contribution in [3.63, 3.8) is 0 Å². The number of nitrogens with one attached hydrogen (secondary N) is 1. The van der Waals surface area contributed by atoms with E-state index in [1.165, 1.54) is 6.33 Å². The smallest absolute Gasteiger partial charge is 0.137 e. The van der Waals surface area contributed by atoms with E-state index in [4.69, 9.17) is 0 Å². The van der Waals surface area contributed by atoms with Crippen LogP contribution in [0.5, 0.6) is 0 Å². The molecule has 0 fully saturated rings. The number of benzene rings is 1. The van der Waals surface area contributed by atoms with Crippen molar-refractivity contribution in [1.29, 1.82) is 0 Å². The van der Waals surface area contributed by atoms with Crippen LogP contribution < -0.4 is 5.32 Å². The van der Waals surface area contributed by atoms with E-state index in [0.29, 0.717) is 6.54 Å². The lowest BCUT2D eigenvalue weighted by molar-refractivity contribution is 0.996. The maximum Gasteiger partial charge on any atom is 0.137 e. The predicted octanol–water partition coefficient (Wildman–Crippen LogP) is 2.03. The van der Waals surface area contributed by atoms with Crippen LogP contribution >= 0.6 is 0 Å². The van der Waals surface area contributed by atoms with Gasteiger partial charge in [0.2, 0.25) is 0 Å². The third-order valence-electron chi connectivity index (χ3n) is 2.62. The zero-order valence-electron chi connectivity index (χ0n) is 9.61. The van der Waals surface area contributed by atoms with E-state index in [-0.39, 0.29) is 0 Å². The summed E-state index contributed by atoms with van der Waals surface area (Å²) in [5.74, 6) is 0.819. The third-order valence-corrected chi connectivity index (χ3v) is 2.62. The summed E-state index contributed by atoms with van der Waals surface area (Å²) in [6, 6.07) is 9.77. The summed E-state index contributed by atoms with van der Waals surface area (Å²) in [5.41, 5.74) is 1.85. The number of hydrogen-bond acceptors (Lipinski definition) is 5. The second kappa shape index (κ2) is 4.75. The SMILES string of the molecule is c1ccc2c(NCc3ccncn3)ncnc2c1. The average Bonchev–Trinajstić information content (AvgIpc) is 2.46. The Hall–Kier alpha value is -2.56. The van der Waals surface area contributed by atoms with Gasteiger partial charge in [-0.25, -0.2) is 19.9 Å². The maximum absolute atomic E-state index is 4.26. The number of anilines is 1. The summed E-state index contributed by atoms with van der Waals surface area (Å²) in [7, 11) is 0. The molecule has 0 saturated heterocycles. The van der Waals surface area contributed by atoms with Gasteiger partial charge >= 0.3 is 0 Å². The van der Waals surface area contributed by atoms with Gasteiger partial charge < -0.3 is 5.32 Å². The lowest BCUT2D eigenvalue weighted by Gasteiger charge is -2.07. The fraction of sp³-hybridized carbons (Fsp3) is 0.0769. The highest BCUT2D eigenvalue weighted by atomic mass is 15.0. The molecule has 0 aliphatic heterocycles. The first kappa shape index (κ1) is 10.6. The summed E-state index contributed by atoms with van der Waals surface area (Å²) in [5, 5.41) is 4.27.